The Morgan fingerprint density at radius 3 is 2.18 bits per heavy atom. The monoisotopic (exact) mass is 334 g/mol. The molecule has 3 rings (SSSR count). The highest BCUT2D eigenvalue weighted by atomic mass is 35.5. The van der Waals surface area contributed by atoms with Crippen LogP contribution in [0, 0.1) is 0 Å². The van der Waals surface area contributed by atoms with Gasteiger partial charge in [0.2, 0.25) is 0 Å². The Balaban J connectivity index is 1.64. The van der Waals surface area contributed by atoms with Gasteiger partial charge in [-0.3, -0.25) is 4.79 Å². The molecule has 0 spiro atoms. The maximum absolute atomic E-state index is 12.5. The van der Waals surface area contributed by atoms with Gasteiger partial charge in [0, 0.05) is 47.5 Å². The van der Waals surface area contributed by atoms with E-state index in [0.29, 0.717) is 23.7 Å². The Morgan fingerprint density at radius 2 is 1.55 bits per heavy atom. The number of hydrogen-bond acceptors (Lipinski definition) is 2. The molecule has 0 aromatic heterocycles. The van der Waals surface area contributed by atoms with Gasteiger partial charge in [-0.25, -0.2) is 0 Å². The molecule has 1 heterocycles. The predicted octanol–water partition coefficient (Wildman–Crippen LogP) is 3.96. The lowest BCUT2D eigenvalue weighted by molar-refractivity contribution is 0.0747. The van der Waals surface area contributed by atoms with Gasteiger partial charge in [0.25, 0.3) is 5.91 Å². The van der Waals surface area contributed by atoms with Gasteiger partial charge in [-0.05, 0) is 42.5 Å². The lowest BCUT2D eigenvalue weighted by atomic mass is 10.1. The number of benzene rings is 2. The van der Waals surface area contributed by atoms with Crippen LogP contribution < -0.4 is 4.90 Å². The van der Waals surface area contributed by atoms with Crippen molar-refractivity contribution in [3.05, 3.63) is 64.1 Å². The quantitative estimate of drug-likeness (QED) is 0.829. The zero-order chi connectivity index (χ0) is 15.5. The van der Waals surface area contributed by atoms with Crippen LogP contribution in [0.15, 0.2) is 48.5 Å². The van der Waals surface area contributed by atoms with E-state index < -0.39 is 0 Å². The molecule has 2 aromatic rings. The summed E-state index contributed by atoms with van der Waals surface area (Å²) in [7, 11) is 0. The van der Waals surface area contributed by atoms with Gasteiger partial charge in [-0.15, -0.1) is 0 Å². The Morgan fingerprint density at radius 1 is 0.864 bits per heavy atom. The summed E-state index contributed by atoms with van der Waals surface area (Å²) in [6.07, 6.45) is 0. The van der Waals surface area contributed by atoms with E-state index in [9.17, 15) is 4.79 Å². The first-order chi connectivity index (χ1) is 10.6. The van der Waals surface area contributed by atoms with Crippen molar-refractivity contribution in [2.24, 2.45) is 0 Å². The molecule has 0 unspecified atom stereocenters. The molecule has 1 saturated heterocycles. The first-order valence-corrected chi connectivity index (χ1v) is 7.94. The SMILES string of the molecule is O=C(c1cccc(Cl)c1)N1CCN(c2ccc(Cl)cc2)CC1. The molecule has 3 nitrogen and oxygen atoms in total. The molecule has 2 aromatic carbocycles. The molecular formula is C17H16Cl2N2O. The Labute approximate surface area is 140 Å². The van der Waals surface area contributed by atoms with Crippen molar-refractivity contribution < 1.29 is 4.79 Å². The lowest BCUT2D eigenvalue weighted by Gasteiger charge is -2.36. The van der Waals surface area contributed by atoms with Crippen molar-refractivity contribution in [3.8, 4) is 0 Å². The Hall–Kier alpha value is -1.71. The van der Waals surface area contributed by atoms with Crippen LogP contribution in [-0.2, 0) is 0 Å². The van der Waals surface area contributed by atoms with Crippen LogP contribution in [0.2, 0.25) is 10.0 Å². The van der Waals surface area contributed by atoms with Crippen molar-refractivity contribution in [1.29, 1.82) is 0 Å². The minimum atomic E-state index is 0.0401. The van der Waals surface area contributed by atoms with Gasteiger partial charge < -0.3 is 9.80 Å². The number of halogens is 2. The number of rotatable bonds is 2. The standard InChI is InChI=1S/C17H16Cl2N2O/c18-14-4-6-16(7-5-14)20-8-10-21(11-9-20)17(22)13-2-1-3-15(19)12-13/h1-7,12H,8-11H2. The summed E-state index contributed by atoms with van der Waals surface area (Å²) in [4.78, 5) is 16.6. The zero-order valence-corrected chi connectivity index (χ0v) is 13.5. The van der Waals surface area contributed by atoms with Crippen LogP contribution in [-0.4, -0.2) is 37.0 Å². The van der Waals surface area contributed by atoms with Gasteiger partial charge in [-0.2, -0.15) is 0 Å². The van der Waals surface area contributed by atoms with E-state index in [4.69, 9.17) is 23.2 Å². The summed E-state index contributed by atoms with van der Waals surface area (Å²) in [5.74, 6) is 0.0401. The highest BCUT2D eigenvalue weighted by Crippen LogP contribution is 2.20. The van der Waals surface area contributed by atoms with Gasteiger partial charge in [0.15, 0.2) is 0 Å². The first kappa shape index (κ1) is 15.2. The summed E-state index contributed by atoms with van der Waals surface area (Å²) in [5.41, 5.74) is 1.78. The molecule has 0 aliphatic carbocycles. The van der Waals surface area contributed by atoms with E-state index in [-0.39, 0.29) is 5.91 Å². The maximum Gasteiger partial charge on any atom is 0.254 e. The predicted molar refractivity (Wildman–Crippen MR) is 91.0 cm³/mol. The van der Waals surface area contributed by atoms with Crippen molar-refractivity contribution in [2.45, 2.75) is 0 Å². The second-order valence-corrected chi connectivity index (χ2v) is 6.14. The highest BCUT2D eigenvalue weighted by molar-refractivity contribution is 6.31. The third-order valence-corrected chi connectivity index (χ3v) is 4.32. The van der Waals surface area contributed by atoms with Gasteiger partial charge >= 0.3 is 0 Å². The average Bonchev–Trinajstić information content (AvgIpc) is 2.55. The van der Waals surface area contributed by atoms with Crippen molar-refractivity contribution >= 4 is 34.8 Å². The smallest absolute Gasteiger partial charge is 0.254 e. The summed E-state index contributed by atoms with van der Waals surface area (Å²) in [6, 6.07) is 14.9. The lowest BCUT2D eigenvalue weighted by Crippen LogP contribution is -2.48. The fraction of sp³-hybridized carbons (Fsp3) is 0.235. The molecule has 1 fully saturated rings. The molecule has 0 radical (unpaired) electrons. The molecule has 1 amide bonds. The number of carbonyl (C=O) groups is 1. The minimum Gasteiger partial charge on any atom is -0.368 e. The third-order valence-electron chi connectivity index (χ3n) is 3.83. The van der Waals surface area contributed by atoms with Gasteiger partial charge in [-0.1, -0.05) is 29.3 Å². The minimum absolute atomic E-state index is 0.0401. The Kier molecular flexibility index (Phi) is 4.55. The van der Waals surface area contributed by atoms with Crippen LogP contribution in [0.5, 0.6) is 0 Å². The average molecular weight is 335 g/mol. The second kappa shape index (κ2) is 6.59. The first-order valence-electron chi connectivity index (χ1n) is 7.19. The summed E-state index contributed by atoms with van der Waals surface area (Å²) >= 11 is 11.9. The number of hydrogen-bond donors (Lipinski definition) is 0. The van der Waals surface area contributed by atoms with E-state index in [1.54, 1.807) is 24.3 Å². The molecular weight excluding hydrogens is 319 g/mol. The number of nitrogens with zero attached hydrogens (tertiary/aromatic N) is 2. The van der Waals surface area contributed by atoms with Crippen molar-refractivity contribution in [1.82, 2.24) is 4.90 Å². The number of piperazine rings is 1. The molecule has 5 heteroatoms. The topological polar surface area (TPSA) is 23.6 Å². The second-order valence-electron chi connectivity index (χ2n) is 5.27. The number of carbonyl (C=O) groups excluding carboxylic acids is 1. The maximum atomic E-state index is 12.5. The fourth-order valence-electron chi connectivity index (χ4n) is 2.62. The van der Waals surface area contributed by atoms with Gasteiger partial charge in [0.1, 0.15) is 0 Å². The molecule has 1 aliphatic rings. The van der Waals surface area contributed by atoms with Crippen LogP contribution in [0.25, 0.3) is 0 Å². The van der Waals surface area contributed by atoms with Crippen LogP contribution >= 0.6 is 23.2 Å². The van der Waals surface area contributed by atoms with E-state index in [0.717, 1.165) is 23.8 Å². The molecule has 22 heavy (non-hydrogen) atoms. The third kappa shape index (κ3) is 3.37. The zero-order valence-electron chi connectivity index (χ0n) is 12.0. The van der Waals surface area contributed by atoms with E-state index in [1.807, 2.05) is 29.2 Å². The van der Waals surface area contributed by atoms with E-state index >= 15 is 0 Å². The molecule has 0 N–H and O–H groups in total. The summed E-state index contributed by atoms with van der Waals surface area (Å²) in [5, 5.41) is 1.32. The van der Waals surface area contributed by atoms with Crippen LogP contribution in [0.1, 0.15) is 10.4 Å². The van der Waals surface area contributed by atoms with Gasteiger partial charge in [0.05, 0.1) is 0 Å². The summed E-state index contributed by atoms with van der Waals surface area (Å²) < 4.78 is 0. The molecule has 114 valence electrons. The molecule has 0 saturated carbocycles. The summed E-state index contributed by atoms with van der Waals surface area (Å²) in [6.45, 7) is 3.03. The molecule has 1 aliphatic heterocycles. The van der Waals surface area contributed by atoms with Crippen LogP contribution in [0.3, 0.4) is 0 Å². The fourth-order valence-corrected chi connectivity index (χ4v) is 2.94. The Bertz CT molecular complexity index is 665. The van der Waals surface area contributed by atoms with Crippen molar-refractivity contribution in [2.75, 3.05) is 31.1 Å². The van der Waals surface area contributed by atoms with E-state index in [1.165, 1.54) is 0 Å². The molecule has 0 atom stereocenters. The van der Waals surface area contributed by atoms with Crippen LogP contribution in [0.4, 0.5) is 5.69 Å². The number of anilines is 1. The van der Waals surface area contributed by atoms with E-state index in [2.05, 4.69) is 4.90 Å². The molecule has 0 bridgehead atoms. The largest absolute Gasteiger partial charge is 0.368 e. The van der Waals surface area contributed by atoms with Crippen molar-refractivity contribution in [3.63, 3.8) is 0 Å². The number of amides is 1. The highest BCUT2D eigenvalue weighted by Gasteiger charge is 2.22. The normalized spacial score (nSPS) is 15.0.